The van der Waals surface area contributed by atoms with E-state index in [0.717, 1.165) is 40.0 Å². The van der Waals surface area contributed by atoms with E-state index in [-0.39, 0.29) is 25.4 Å². The molecule has 0 spiro atoms. The van der Waals surface area contributed by atoms with Gasteiger partial charge in [0.1, 0.15) is 0 Å². The largest absolute Gasteiger partial charge is 0.471 e. The van der Waals surface area contributed by atoms with Crippen LogP contribution in [0, 0.1) is 6.92 Å². The number of halogens is 4. The summed E-state index contributed by atoms with van der Waals surface area (Å²) in [6.07, 6.45) is -2.70. The fraction of sp³-hybridized carbons (Fsp3) is 0.391. The average molecular weight is 453 g/mol. The van der Waals surface area contributed by atoms with Crippen LogP contribution >= 0.6 is 11.6 Å². The third-order valence-electron chi connectivity index (χ3n) is 5.40. The number of unbranched alkanes of at least 4 members (excludes halogenated alkanes) is 1. The summed E-state index contributed by atoms with van der Waals surface area (Å²) in [4.78, 5) is 24.9. The lowest BCUT2D eigenvalue weighted by Crippen LogP contribution is -2.43. The van der Waals surface area contributed by atoms with E-state index in [4.69, 9.17) is 11.6 Å². The van der Waals surface area contributed by atoms with Crippen molar-refractivity contribution in [1.82, 2.24) is 4.90 Å². The van der Waals surface area contributed by atoms with E-state index >= 15 is 0 Å². The Bertz CT molecular complexity index is 985. The Kier molecular flexibility index (Phi) is 6.94. The van der Waals surface area contributed by atoms with Gasteiger partial charge in [0.25, 0.3) is 0 Å². The number of fused-ring (bicyclic) bond motifs is 1. The summed E-state index contributed by atoms with van der Waals surface area (Å²) in [5.41, 5.74) is 4.36. The maximum Gasteiger partial charge on any atom is 0.471 e. The van der Waals surface area contributed by atoms with Gasteiger partial charge >= 0.3 is 12.1 Å². The molecule has 0 aliphatic carbocycles. The van der Waals surface area contributed by atoms with Crippen LogP contribution in [0.3, 0.4) is 0 Å². The summed E-state index contributed by atoms with van der Waals surface area (Å²) in [6, 6.07) is 8.96. The van der Waals surface area contributed by atoms with Crippen molar-refractivity contribution in [3.63, 3.8) is 0 Å². The van der Waals surface area contributed by atoms with Crippen molar-refractivity contribution in [2.75, 3.05) is 11.9 Å². The molecule has 0 bridgehead atoms. The predicted octanol–water partition coefficient (Wildman–Crippen LogP) is 5.89. The SMILES string of the molecule is CCCCC(=O)Nc1cc2c(c(-c3c(C)cccc3Cl)c1)CCN(C(=O)C(F)(F)F)C2. The second-order valence-electron chi connectivity index (χ2n) is 7.72. The molecule has 2 aromatic rings. The third-order valence-corrected chi connectivity index (χ3v) is 5.71. The normalized spacial score (nSPS) is 13.7. The lowest BCUT2D eigenvalue weighted by Gasteiger charge is -2.31. The van der Waals surface area contributed by atoms with E-state index in [1.165, 1.54) is 0 Å². The Morgan fingerprint density at radius 1 is 1.23 bits per heavy atom. The number of carbonyl (C=O) groups is 2. The highest BCUT2D eigenvalue weighted by atomic mass is 35.5. The fourth-order valence-corrected chi connectivity index (χ4v) is 4.21. The van der Waals surface area contributed by atoms with Gasteiger partial charge in [0.05, 0.1) is 0 Å². The molecular weight excluding hydrogens is 429 g/mol. The number of nitrogens with one attached hydrogen (secondary N) is 1. The average Bonchev–Trinajstić information content (AvgIpc) is 2.70. The Balaban J connectivity index is 2.06. The summed E-state index contributed by atoms with van der Waals surface area (Å²) in [5, 5.41) is 3.36. The number of nitrogens with zero attached hydrogens (tertiary/aromatic N) is 1. The van der Waals surface area contributed by atoms with E-state index < -0.39 is 12.1 Å². The zero-order chi connectivity index (χ0) is 22.8. The van der Waals surface area contributed by atoms with Crippen molar-refractivity contribution >= 4 is 29.1 Å². The highest BCUT2D eigenvalue weighted by Crippen LogP contribution is 2.39. The number of carbonyl (C=O) groups excluding carboxylic acids is 2. The van der Waals surface area contributed by atoms with Crippen LogP contribution in [-0.4, -0.2) is 29.4 Å². The fourth-order valence-electron chi connectivity index (χ4n) is 3.88. The van der Waals surface area contributed by atoms with Crippen molar-refractivity contribution in [3.8, 4) is 11.1 Å². The monoisotopic (exact) mass is 452 g/mol. The van der Waals surface area contributed by atoms with Crippen molar-refractivity contribution in [1.29, 1.82) is 0 Å². The summed E-state index contributed by atoms with van der Waals surface area (Å²) >= 11 is 6.47. The molecule has 1 N–H and O–H groups in total. The van der Waals surface area contributed by atoms with Crippen LogP contribution < -0.4 is 5.32 Å². The van der Waals surface area contributed by atoms with Gasteiger partial charge in [-0.3, -0.25) is 9.59 Å². The molecule has 0 saturated heterocycles. The highest BCUT2D eigenvalue weighted by molar-refractivity contribution is 6.33. The van der Waals surface area contributed by atoms with Crippen molar-refractivity contribution in [3.05, 3.63) is 52.0 Å². The maximum atomic E-state index is 13.0. The Hall–Kier alpha value is -2.54. The summed E-state index contributed by atoms with van der Waals surface area (Å²) < 4.78 is 38.9. The van der Waals surface area contributed by atoms with Crippen LogP contribution in [0.2, 0.25) is 5.02 Å². The number of benzene rings is 2. The molecule has 8 heteroatoms. The lowest BCUT2D eigenvalue weighted by atomic mass is 9.88. The number of aryl methyl sites for hydroxylation is 1. The number of hydrogen-bond acceptors (Lipinski definition) is 2. The molecule has 0 fully saturated rings. The predicted molar refractivity (Wildman–Crippen MR) is 115 cm³/mol. The number of alkyl halides is 3. The van der Waals surface area contributed by atoms with Crippen LogP contribution in [0.25, 0.3) is 11.1 Å². The molecule has 1 aliphatic heterocycles. The first kappa shape index (κ1) is 23.1. The van der Waals surface area contributed by atoms with E-state index in [1.54, 1.807) is 12.1 Å². The van der Waals surface area contributed by atoms with Crippen LogP contribution in [0.5, 0.6) is 0 Å². The minimum absolute atomic E-state index is 0.0376. The van der Waals surface area contributed by atoms with E-state index in [9.17, 15) is 22.8 Å². The first-order valence-corrected chi connectivity index (χ1v) is 10.6. The molecule has 166 valence electrons. The Labute approximate surface area is 184 Å². The molecular formula is C23H24ClF3N2O2. The molecule has 0 radical (unpaired) electrons. The maximum absolute atomic E-state index is 13.0. The molecule has 3 rings (SSSR count). The van der Waals surface area contributed by atoms with Crippen LogP contribution in [0.1, 0.15) is 42.9 Å². The molecule has 0 unspecified atom stereocenters. The van der Waals surface area contributed by atoms with Gasteiger partial charge in [0.15, 0.2) is 0 Å². The summed E-state index contributed by atoms with van der Waals surface area (Å²) in [7, 11) is 0. The van der Waals surface area contributed by atoms with E-state index in [1.807, 2.05) is 32.0 Å². The van der Waals surface area contributed by atoms with Crippen molar-refractivity contribution in [2.45, 2.75) is 52.3 Å². The van der Waals surface area contributed by atoms with Gasteiger partial charge < -0.3 is 10.2 Å². The minimum atomic E-state index is -4.92. The molecule has 0 aromatic heterocycles. The molecule has 4 nitrogen and oxygen atoms in total. The van der Waals surface area contributed by atoms with Gasteiger partial charge in [-0.25, -0.2) is 0 Å². The molecule has 0 saturated carbocycles. The van der Waals surface area contributed by atoms with E-state index in [2.05, 4.69) is 5.32 Å². The standard InChI is InChI=1S/C23H24ClF3N2O2/c1-3-4-8-20(30)28-16-11-15-13-29(22(31)23(25,26)27)10-9-17(15)18(12-16)21-14(2)6-5-7-19(21)24/h5-7,11-12H,3-4,8-10,13H2,1-2H3,(H,28,30). The molecule has 1 aliphatic rings. The number of rotatable bonds is 5. The minimum Gasteiger partial charge on any atom is -0.330 e. The number of amides is 2. The van der Waals surface area contributed by atoms with Crippen molar-refractivity contribution in [2.24, 2.45) is 0 Å². The lowest BCUT2D eigenvalue weighted by molar-refractivity contribution is -0.186. The van der Waals surface area contributed by atoms with E-state index in [0.29, 0.717) is 22.7 Å². The first-order valence-electron chi connectivity index (χ1n) is 10.2. The number of hydrogen-bond donors (Lipinski definition) is 1. The van der Waals surface area contributed by atoms with Gasteiger partial charge in [0, 0.05) is 35.8 Å². The topological polar surface area (TPSA) is 49.4 Å². The molecule has 2 amide bonds. The molecule has 1 heterocycles. The second kappa shape index (κ2) is 9.30. The molecule has 0 atom stereocenters. The van der Waals surface area contributed by atoms with Gasteiger partial charge in [-0.15, -0.1) is 0 Å². The van der Waals surface area contributed by atoms with Crippen molar-refractivity contribution < 1.29 is 22.8 Å². The zero-order valence-corrected chi connectivity index (χ0v) is 18.2. The smallest absolute Gasteiger partial charge is 0.330 e. The van der Waals surface area contributed by atoms with Crippen LogP contribution in [0.4, 0.5) is 18.9 Å². The van der Waals surface area contributed by atoms with Gasteiger partial charge in [-0.1, -0.05) is 37.1 Å². The molecule has 2 aromatic carbocycles. The third kappa shape index (κ3) is 5.21. The Morgan fingerprint density at radius 3 is 2.61 bits per heavy atom. The second-order valence-corrected chi connectivity index (χ2v) is 8.13. The summed E-state index contributed by atoms with van der Waals surface area (Å²) in [5.74, 6) is -2.02. The van der Waals surface area contributed by atoms with Crippen LogP contribution in [0.15, 0.2) is 30.3 Å². The first-order chi connectivity index (χ1) is 14.6. The quantitative estimate of drug-likeness (QED) is 0.614. The Morgan fingerprint density at radius 2 is 1.97 bits per heavy atom. The van der Waals surface area contributed by atoms with Crippen LogP contribution in [-0.2, 0) is 22.6 Å². The van der Waals surface area contributed by atoms with Gasteiger partial charge in [0.2, 0.25) is 5.91 Å². The highest BCUT2D eigenvalue weighted by Gasteiger charge is 2.43. The summed E-state index contributed by atoms with van der Waals surface area (Å²) in [6.45, 7) is 3.67. The molecule has 31 heavy (non-hydrogen) atoms. The van der Waals surface area contributed by atoms with Gasteiger partial charge in [-0.2, -0.15) is 13.2 Å². The zero-order valence-electron chi connectivity index (χ0n) is 17.4. The number of anilines is 1. The van der Waals surface area contributed by atoms with Gasteiger partial charge in [-0.05, 0) is 60.2 Å².